The largest absolute Gasteiger partial charge is 0.508 e. The summed E-state index contributed by atoms with van der Waals surface area (Å²) in [6, 6.07) is 10.1. The number of aromatic amines is 1. The molecule has 4 amide bonds. The number of thioether (sulfide) groups is 1. The lowest BCUT2D eigenvalue weighted by Gasteiger charge is -2.27. The molecule has 1 heterocycles. The van der Waals surface area contributed by atoms with Crippen molar-refractivity contribution in [3.8, 4) is 5.75 Å². The molecule has 23 nitrogen and oxygen atoms in total. The Hall–Kier alpha value is -7.34. The number of carbonyl (C=O) groups excluding carboxylic acids is 8. The molecule has 2 aromatic carbocycles. The summed E-state index contributed by atoms with van der Waals surface area (Å²) >= 11 is 1.50. The first kappa shape index (κ1) is 68.9. The summed E-state index contributed by atoms with van der Waals surface area (Å²) in [6.45, 7) is 5.78. The van der Waals surface area contributed by atoms with Gasteiger partial charge in [0, 0.05) is 86.0 Å². The third-order valence-corrected chi connectivity index (χ3v) is 14.9. The normalized spacial score (nSPS) is 14.2. The van der Waals surface area contributed by atoms with E-state index < -0.39 is 120 Å². The zero-order chi connectivity index (χ0) is 60.9. The van der Waals surface area contributed by atoms with E-state index in [-0.39, 0.29) is 101 Å². The van der Waals surface area contributed by atoms with Gasteiger partial charge in [-0.1, -0.05) is 57.5 Å². The number of carboxylic acids is 1. The topological polar surface area (TPSA) is 427 Å². The van der Waals surface area contributed by atoms with Crippen LogP contribution in [0.1, 0.15) is 122 Å². The van der Waals surface area contributed by atoms with Gasteiger partial charge in [0.25, 0.3) is 0 Å². The van der Waals surface area contributed by atoms with Crippen molar-refractivity contribution in [1.82, 2.24) is 20.9 Å². The molecule has 3 aromatic rings. The molecule has 0 bridgehead atoms. The van der Waals surface area contributed by atoms with E-state index in [1.54, 1.807) is 25.3 Å². The molecule has 0 saturated carbocycles. The Kier molecular flexibility index (Phi) is 30.4. The number of aromatic nitrogens is 1. The number of Topliss-reactive ketones (excluding diaryl/α,β-unsaturated/α-hetero) is 4. The standard InChI is InChI=1S/C58H88N12O11S/c1-34(2)25-39(31-50(74)46(15-10-23-66-58(63)64)69-56(81)40(32-52(76)77)30-48(72)35(3)26-36-16-18-42(71)19-17-36)55(80)68-45(14-9-22-65-57(61)62)49(73)29-38(11-7-8-21-59)54(79)70-47(51(75)28-37(53(60)78)20-24-82-4)27-41-33-67-44-13-6-5-12-43(41)44/h5-6,12-13,16-19,33-35,37-40,45-47,67,71H,7-11,14-15,20-32,59H2,1-4H3,(H2,60,78)(H,68,80)(H,69,81)(H,70,79)(H,76,77)(H4,61,62,65)(H4,63,64,66)/t35-,37-,38+,39+,40-,45-,46-,47-/m0/s1. The Labute approximate surface area is 484 Å². The number of benzene rings is 2. The highest BCUT2D eigenvalue weighted by Crippen LogP contribution is 2.26. The number of H-pyrrole nitrogens is 1. The zero-order valence-corrected chi connectivity index (χ0v) is 48.7. The minimum Gasteiger partial charge on any atom is -0.508 e. The highest BCUT2D eigenvalue weighted by molar-refractivity contribution is 7.98. The first-order valence-corrected chi connectivity index (χ1v) is 29.5. The van der Waals surface area contributed by atoms with Crippen molar-refractivity contribution in [3.63, 3.8) is 0 Å². The molecule has 24 heteroatoms. The number of nitrogens with zero attached hydrogens (tertiary/aromatic N) is 2. The molecule has 3 rings (SSSR count). The maximum absolute atomic E-state index is 14.7. The second kappa shape index (κ2) is 36.2. The van der Waals surface area contributed by atoms with Crippen molar-refractivity contribution in [2.45, 2.75) is 142 Å². The van der Waals surface area contributed by atoms with Crippen molar-refractivity contribution in [2.24, 2.45) is 79.9 Å². The second-order valence-corrected chi connectivity index (χ2v) is 22.6. The van der Waals surface area contributed by atoms with Gasteiger partial charge in [0.1, 0.15) is 11.5 Å². The fraction of sp³-hybridized carbons (Fsp3) is 0.569. The number of fused-ring (bicyclic) bond motifs is 1. The van der Waals surface area contributed by atoms with E-state index in [0.29, 0.717) is 31.6 Å². The van der Waals surface area contributed by atoms with Crippen LogP contribution in [0.15, 0.2) is 64.7 Å². The molecule has 0 aliphatic rings. The smallest absolute Gasteiger partial charge is 0.304 e. The Morgan fingerprint density at radius 3 is 1.67 bits per heavy atom. The number of carbonyl (C=O) groups is 9. The molecule has 0 unspecified atom stereocenters. The van der Waals surface area contributed by atoms with E-state index in [1.165, 1.54) is 23.9 Å². The van der Waals surface area contributed by atoms with Gasteiger partial charge in [-0.05, 0) is 112 Å². The number of primary amides is 1. The third-order valence-electron chi connectivity index (χ3n) is 14.3. The summed E-state index contributed by atoms with van der Waals surface area (Å²) in [4.78, 5) is 136. The number of amides is 4. The summed E-state index contributed by atoms with van der Waals surface area (Å²) in [6.07, 6.45) is 3.82. The third kappa shape index (κ3) is 25.2. The number of para-hydroxylation sites is 1. The molecular weight excluding hydrogens is 1070 g/mol. The van der Waals surface area contributed by atoms with Crippen molar-refractivity contribution in [2.75, 3.05) is 31.6 Å². The lowest BCUT2D eigenvalue weighted by Crippen LogP contribution is -2.49. The van der Waals surface area contributed by atoms with Crippen LogP contribution in [0.3, 0.4) is 0 Å². The minimum absolute atomic E-state index is 0.0216. The summed E-state index contributed by atoms with van der Waals surface area (Å²) in [5.41, 5.74) is 36.2. The van der Waals surface area contributed by atoms with Gasteiger partial charge in [-0.3, -0.25) is 53.1 Å². The Bertz CT molecular complexity index is 2650. The van der Waals surface area contributed by atoms with Gasteiger partial charge in [-0.2, -0.15) is 11.8 Å². The van der Waals surface area contributed by atoms with Gasteiger partial charge in [0.05, 0.1) is 30.5 Å². The molecule has 0 fully saturated rings. The number of unbranched alkanes of at least 4 members (excludes halogenated alkanes) is 1. The number of aromatic hydroxyl groups is 1. The Balaban J connectivity index is 1.96. The lowest BCUT2D eigenvalue weighted by molar-refractivity contribution is -0.142. The minimum atomic E-state index is -1.36. The number of phenols is 1. The van der Waals surface area contributed by atoms with Crippen LogP contribution in [-0.4, -0.2) is 130 Å². The fourth-order valence-electron chi connectivity index (χ4n) is 9.75. The number of hydrogen-bond acceptors (Lipinski definition) is 14. The van der Waals surface area contributed by atoms with E-state index in [9.17, 15) is 53.4 Å². The predicted molar refractivity (Wildman–Crippen MR) is 318 cm³/mol. The number of ketones is 4. The quantitative estimate of drug-likeness (QED) is 0.0220. The van der Waals surface area contributed by atoms with Gasteiger partial charge in [0.15, 0.2) is 29.3 Å². The van der Waals surface area contributed by atoms with Gasteiger partial charge >= 0.3 is 5.97 Å². The highest BCUT2D eigenvalue weighted by atomic mass is 32.2. The Morgan fingerprint density at radius 1 is 0.598 bits per heavy atom. The molecule has 0 radical (unpaired) electrons. The summed E-state index contributed by atoms with van der Waals surface area (Å²) in [5, 5.41) is 28.8. The molecular formula is C58H88N12O11S. The maximum atomic E-state index is 14.7. The van der Waals surface area contributed by atoms with Crippen molar-refractivity contribution in [3.05, 3.63) is 65.9 Å². The first-order valence-electron chi connectivity index (χ1n) is 28.1. The number of nitrogens with one attached hydrogen (secondary N) is 4. The lowest BCUT2D eigenvalue weighted by atomic mass is 9.87. The van der Waals surface area contributed by atoms with E-state index in [4.69, 9.17) is 34.4 Å². The number of nitrogens with two attached hydrogens (primary N) is 6. The highest BCUT2D eigenvalue weighted by Gasteiger charge is 2.36. The predicted octanol–water partition coefficient (Wildman–Crippen LogP) is 3.05. The van der Waals surface area contributed by atoms with Crippen LogP contribution >= 0.6 is 11.8 Å². The van der Waals surface area contributed by atoms with Crippen LogP contribution in [0, 0.1) is 35.5 Å². The van der Waals surface area contributed by atoms with Gasteiger partial charge in [0.2, 0.25) is 23.6 Å². The second-order valence-electron chi connectivity index (χ2n) is 21.6. The zero-order valence-electron chi connectivity index (χ0n) is 47.9. The average molecular weight is 1160 g/mol. The molecule has 82 heavy (non-hydrogen) atoms. The molecule has 0 saturated heterocycles. The summed E-state index contributed by atoms with van der Waals surface area (Å²) in [5.74, 6) is -10.8. The number of rotatable bonds is 42. The van der Waals surface area contributed by atoms with Crippen LogP contribution < -0.4 is 50.4 Å². The van der Waals surface area contributed by atoms with Crippen LogP contribution in [0.5, 0.6) is 5.75 Å². The summed E-state index contributed by atoms with van der Waals surface area (Å²) in [7, 11) is 0. The number of aliphatic imine (C=N–C) groups is 2. The average Bonchev–Trinajstić information content (AvgIpc) is 4.02. The van der Waals surface area contributed by atoms with Crippen LogP contribution in [-0.2, 0) is 56.0 Å². The number of carboxylic acid groups (broad SMARTS) is 1. The Morgan fingerprint density at radius 2 is 1.12 bits per heavy atom. The molecule has 0 aliphatic heterocycles. The number of aliphatic carboxylic acids is 1. The fourth-order valence-corrected chi connectivity index (χ4v) is 10.3. The maximum Gasteiger partial charge on any atom is 0.304 e. The molecule has 1 aromatic heterocycles. The number of hydrogen-bond donors (Lipinski definition) is 12. The van der Waals surface area contributed by atoms with E-state index in [0.717, 1.165) is 22.0 Å². The van der Waals surface area contributed by atoms with Crippen LogP contribution in [0.25, 0.3) is 10.9 Å². The summed E-state index contributed by atoms with van der Waals surface area (Å²) < 4.78 is 0. The van der Waals surface area contributed by atoms with Gasteiger partial charge in [-0.25, -0.2) is 0 Å². The monoisotopic (exact) mass is 1160 g/mol. The molecule has 18 N–H and O–H groups in total. The molecule has 0 aliphatic carbocycles. The van der Waals surface area contributed by atoms with Gasteiger partial charge in [-0.15, -0.1) is 0 Å². The number of guanidine groups is 2. The van der Waals surface area contributed by atoms with Crippen LogP contribution in [0.4, 0.5) is 0 Å². The van der Waals surface area contributed by atoms with Crippen molar-refractivity contribution >= 4 is 87.3 Å². The van der Waals surface area contributed by atoms with E-state index >= 15 is 0 Å². The molecule has 0 spiro atoms. The van der Waals surface area contributed by atoms with Crippen LogP contribution in [0.2, 0.25) is 0 Å². The number of phenolic OH excluding ortho intramolecular Hbond substituents is 1. The van der Waals surface area contributed by atoms with E-state index in [2.05, 4.69) is 30.9 Å². The molecule has 452 valence electrons. The van der Waals surface area contributed by atoms with E-state index in [1.807, 2.05) is 44.4 Å². The van der Waals surface area contributed by atoms with Crippen molar-refractivity contribution in [1.29, 1.82) is 0 Å². The SMILES string of the molecule is CSCC[C@@H](CC(=O)[C@H](Cc1c[nH]c2ccccc12)NC(=O)[C@H](CCCCN)CC(=O)[C@H](CCCN=C(N)N)NC(=O)[C@@H](CC(=O)[C@H](CCCN=C(N)N)NC(=O)[C@H](CC(=O)O)CC(=O)[C@@H](C)Cc1ccc(O)cc1)CC(C)C)C(N)=O. The van der Waals surface area contributed by atoms with Gasteiger partial charge < -0.3 is 65.5 Å². The van der Waals surface area contributed by atoms with Crippen molar-refractivity contribution < 1.29 is 53.4 Å². The first-order chi connectivity index (χ1) is 38.9. The molecule has 8 atom stereocenters.